The summed E-state index contributed by atoms with van der Waals surface area (Å²) in [4.78, 5) is 10.7. The number of rotatable bonds is 2. The molecular weight excluding hydrogens is 168 g/mol. The fourth-order valence-corrected chi connectivity index (χ4v) is 0.535. The number of aromatic nitrogens is 2. The van der Waals surface area contributed by atoms with Crippen LogP contribution >= 0.6 is 0 Å². The first-order valence-corrected chi connectivity index (χ1v) is 2.74. The van der Waals surface area contributed by atoms with Gasteiger partial charge in [-0.2, -0.15) is 0 Å². The molecule has 0 saturated heterocycles. The predicted octanol–water partition coefficient (Wildman–Crippen LogP) is -1.25. The molecule has 8 nitrogen and oxygen atoms in total. The summed E-state index contributed by atoms with van der Waals surface area (Å²) < 4.78 is 4.14. The van der Waals surface area contributed by atoms with Gasteiger partial charge in [0.15, 0.2) is 11.4 Å². The van der Waals surface area contributed by atoms with Crippen LogP contribution in [-0.2, 0) is 4.79 Å². The fourth-order valence-electron chi connectivity index (χ4n) is 0.535. The van der Waals surface area contributed by atoms with Crippen molar-refractivity contribution in [2.45, 2.75) is 0 Å². The molecule has 1 heterocycles. The van der Waals surface area contributed by atoms with Gasteiger partial charge >= 0.3 is 0 Å². The summed E-state index contributed by atoms with van der Waals surface area (Å²) in [5, 5.41) is 25.4. The third kappa shape index (κ3) is 1.37. The van der Waals surface area contributed by atoms with Gasteiger partial charge < -0.3 is 5.21 Å². The number of hydrogen-bond acceptors (Lipinski definition) is 7. The third-order valence-electron chi connectivity index (χ3n) is 1.02. The maximum absolute atomic E-state index is 10.7. The molecule has 0 spiro atoms. The smallest absolute Gasteiger partial charge is 0.299 e. The number of nitrogens with zero attached hydrogens (tertiary/aromatic N) is 3. The molecular formula is C4H4N4O4. The largest absolute Gasteiger partial charge is 0.410 e. The molecule has 1 amide bonds. The van der Waals surface area contributed by atoms with Gasteiger partial charge in [0.25, 0.3) is 5.91 Å². The van der Waals surface area contributed by atoms with Crippen LogP contribution in [0.4, 0.5) is 0 Å². The lowest BCUT2D eigenvalue weighted by Crippen LogP contribution is -2.29. The minimum absolute atomic E-state index is 0.0796. The third-order valence-corrected chi connectivity index (χ3v) is 1.02. The summed E-state index contributed by atoms with van der Waals surface area (Å²) >= 11 is 0. The van der Waals surface area contributed by atoms with E-state index in [1.165, 1.54) is 5.48 Å². The summed E-state index contributed by atoms with van der Waals surface area (Å²) in [5.74, 6) is -1.01. The maximum atomic E-state index is 10.7. The van der Waals surface area contributed by atoms with Crippen LogP contribution in [0.1, 0.15) is 5.69 Å². The van der Waals surface area contributed by atoms with Gasteiger partial charge in [0, 0.05) is 0 Å². The molecule has 64 valence electrons. The monoisotopic (exact) mass is 172 g/mol. The first kappa shape index (κ1) is 8.14. The van der Waals surface area contributed by atoms with Crippen LogP contribution in [0.2, 0.25) is 0 Å². The van der Waals surface area contributed by atoms with E-state index in [2.05, 4.69) is 20.1 Å². The van der Waals surface area contributed by atoms with Crippen LogP contribution in [0.15, 0.2) is 16.0 Å². The fraction of sp³-hybridized carbons (Fsp3) is 0. The molecule has 0 saturated carbocycles. The van der Waals surface area contributed by atoms with Crippen molar-refractivity contribution in [3.63, 3.8) is 0 Å². The number of carbonyl (C=O) groups is 1. The van der Waals surface area contributed by atoms with E-state index in [4.69, 9.17) is 10.4 Å². The Labute approximate surface area is 65.4 Å². The molecule has 0 unspecified atom stereocenters. The van der Waals surface area contributed by atoms with Crippen LogP contribution in [0, 0.1) is 0 Å². The van der Waals surface area contributed by atoms with Gasteiger partial charge in [0.2, 0.25) is 0 Å². The molecule has 12 heavy (non-hydrogen) atoms. The first-order valence-electron chi connectivity index (χ1n) is 2.74. The first-order chi connectivity index (χ1) is 5.79. The molecule has 1 rings (SSSR count). The zero-order chi connectivity index (χ0) is 8.97. The standard InChI is InChI=1S/C4H4N4O4/c9-4(7-11)3(6-10)2-1-5-12-8-2/h1,10-11H,(H,7,9). The topological polar surface area (TPSA) is 121 Å². The van der Waals surface area contributed by atoms with Gasteiger partial charge in [-0.05, 0) is 5.16 Å². The van der Waals surface area contributed by atoms with Crippen LogP contribution in [0.25, 0.3) is 0 Å². The van der Waals surface area contributed by atoms with Crippen LogP contribution < -0.4 is 5.48 Å². The van der Waals surface area contributed by atoms with Gasteiger partial charge in [-0.3, -0.25) is 10.0 Å². The zero-order valence-electron chi connectivity index (χ0n) is 5.63. The van der Waals surface area contributed by atoms with Crippen LogP contribution in [0.5, 0.6) is 0 Å². The molecule has 0 fully saturated rings. The van der Waals surface area contributed by atoms with Crippen molar-refractivity contribution in [1.82, 2.24) is 15.8 Å². The molecule has 0 aliphatic rings. The molecule has 0 atom stereocenters. The lowest BCUT2D eigenvalue weighted by atomic mass is 10.3. The number of carbonyl (C=O) groups excluding carboxylic acids is 1. The van der Waals surface area contributed by atoms with Gasteiger partial charge in [0.05, 0.1) is 0 Å². The Bertz CT molecular complexity index is 292. The minimum atomic E-state index is -1.01. The highest BCUT2D eigenvalue weighted by atomic mass is 16.6. The Morgan fingerprint density at radius 2 is 2.50 bits per heavy atom. The van der Waals surface area contributed by atoms with Crippen molar-refractivity contribution in [3.8, 4) is 0 Å². The van der Waals surface area contributed by atoms with E-state index in [0.29, 0.717) is 0 Å². The summed E-state index contributed by atoms with van der Waals surface area (Å²) in [6.07, 6.45) is 1.06. The molecule has 0 radical (unpaired) electrons. The summed E-state index contributed by atoms with van der Waals surface area (Å²) in [6, 6.07) is 0. The Balaban J connectivity index is 2.93. The van der Waals surface area contributed by atoms with E-state index in [-0.39, 0.29) is 5.69 Å². The second kappa shape index (κ2) is 3.44. The highest BCUT2D eigenvalue weighted by Gasteiger charge is 2.17. The summed E-state index contributed by atoms with van der Waals surface area (Å²) in [6.45, 7) is 0. The van der Waals surface area contributed by atoms with Crippen molar-refractivity contribution in [1.29, 1.82) is 0 Å². The van der Waals surface area contributed by atoms with Gasteiger partial charge in [0.1, 0.15) is 6.20 Å². The Kier molecular flexibility index (Phi) is 2.33. The number of amides is 1. The molecule has 3 N–H and O–H groups in total. The molecule has 0 bridgehead atoms. The van der Waals surface area contributed by atoms with E-state index >= 15 is 0 Å². The highest BCUT2D eigenvalue weighted by Crippen LogP contribution is 1.94. The average molecular weight is 172 g/mol. The number of oxime groups is 1. The van der Waals surface area contributed by atoms with Gasteiger partial charge in [-0.15, -0.1) is 0 Å². The number of hydrogen-bond donors (Lipinski definition) is 3. The molecule has 0 aliphatic heterocycles. The summed E-state index contributed by atoms with van der Waals surface area (Å²) in [5.41, 5.74) is 0.698. The summed E-state index contributed by atoms with van der Waals surface area (Å²) in [7, 11) is 0. The molecule has 1 aromatic rings. The van der Waals surface area contributed by atoms with Crippen molar-refractivity contribution in [2.75, 3.05) is 0 Å². The Morgan fingerprint density at radius 3 is 2.92 bits per heavy atom. The second-order valence-corrected chi connectivity index (χ2v) is 1.68. The quantitative estimate of drug-likeness (QED) is 0.222. The van der Waals surface area contributed by atoms with Gasteiger partial charge in [-0.1, -0.05) is 10.3 Å². The van der Waals surface area contributed by atoms with Crippen molar-refractivity contribution in [3.05, 3.63) is 11.9 Å². The molecule has 0 aliphatic carbocycles. The SMILES string of the molecule is O=C(NO)C(=NO)c1cnon1. The van der Waals surface area contributed by atoms with Crippen LogP contribution in [-0.4, -0.2) is 32.3 Å². The van der Waals surface area contributed by atoms with E-state index in [9.17, 15) is 4.79 Å². The Hall–Kier alpha value is -1.96. The van der Waals surface area contributed by atoms with Crippen molar-refractivity contribution < 1.29 is 19.8 Å². The zero-order valence-corrected chi connectivity index (χ0v) is 5.63. The van der Waals surface area contributed by atoms with Gasteiger partial charge in [-0.25, -0.2) is 10.1 Å². The van der Waals surface area contributed by atoms with E-state index in [1.54, 1.807) is 0 Å². The average Bonchev–Trinajstić information content (AvgIpc) is 2.58. The van der Waals surface area contributed by atoms with E-state index in [0.717, 1.165) is 6.20 Å². The Morgan fingerprint density at radius 1 is 1.75 bits per heavy atom. The van der Waals surface area contributed by atoms with E-state index < -0.39 is 11.6 Å². The van der Waals surface area contributed by atoms with Crippen molar-refractivity contribution >= 4 is 11.6 Å². The predicted molar refractivity (Wildman–Crippen MR) is 32.6 cm³/mol. The van der Waals surface area contributed by atoms with Crippen molar-refractivity contribution in [2.24, 2.45) is 5.16 Å². The normalized spacial score (nSPS) is 11.2. The highest BCUT2D eigenvalue weighted by molar-refractivity contribution is 6.44. The number of hydroxylamine groups is 1. The maximum Gasteiger partial charge on any atom is 0.299 e. The molecule has 0 aromatic carbocycles. The molecule has 1 aromatic heterocycles. The lowest BCUT2D eigenvalue weighted by Gasteiger charge is -1.94. The molecule has 8 heteroatoms. The second-order valence-electron chi connectivity index (χ2n) is 1.68. The lowest BCUT2D eigenvalue weighted by molar-refractivity contribution is -0.122. The minimum Gasteiger partial charge on any atom is -0.410 e. The van der Waals surface area contributed by atoms with E-state index in [1.807, 2.05) is 0 Å². The van der Waals surface area contributed by atoms with Crippen LogP contribution in [0.3, 0.4) is 0 Å². The number of nitrogens with one attached hydrogen (secondary N) is 1.